The average molecular weight is 456 g/mol. The maximum atomic E-state index is 13.8. The summed E-state index contributed by atoms with van der Waals surface area (Å²) in [4.78, 5) is 22.4. The van der Waals surface area contributed by atoms with E-state index in [2.05, 4.69) is 26.6 Å². The van der Waals surface area contributed by atoms with Crippen molar-refractivity contribution in [3.8, 4) is 5.75 Å². The number of benzene rings is 2. The molecule has 7 nitrogen and oxygen atoms in total. The molecule has 2 N–H and O–H groups in total. The lowest BCUT2D eigenvalue weighted by molar-refractivity contribution is -0.384. The zero-order valence-electron chi connectivity index (χ0n) is 14.1. The van der Waals surface area contributed by atoms with Crippen molar-refractivity contribution in [3.63, 3.8) is 0 Å². The fourth-order valence-corrected chi connectivity index (χ4v) is 2.72. The lowest BCUT2D eigenvalue weighted by Crippen LogP contribution is -2.34. The molecule has 0 saturated carbocycles. The topological polar surface area (TPSA) is 93.5 Å². The molecule has 0 aliphatic carbocycles. The second kappa shape index (κ2) is 9.38. The Morgan fingerprint density at radius 1 is 1.33 bits per heavy atom. The number of amides is 1. The number of non-ortho nitro benzene ring substituents is 1. The zero-order chi connectivity index (χ0) is 20.0. The van der Waals surface area contributed by atoms with Crippen LogP contribution in [0.3, 0.4) is 0 Å². The minimum absolute atomic E-state index is 0.193. The summed E-state index contributed by atoms with van der Waals surface area (Å²) in [6, 6.07) is 7.73. The molecule has 0 aliphatic heterocycles. The molecule has 0 aliphatic rings. The van der Waals surface area contributed by atoms with Crippen LogP contribution in [0.2, 0.25) is 0 Å². The molecular weight excluding hydrogens is 441 g/mol. The Kier molecular flexibility index (Phi) is 7.19. The number of anilines is 1. The van der Waals surface area contributed by atoms with E-state index in [0.717, 1.165) is 24.6 Å². The molecule has 10 heteroatoms. The van der Waals surface area contributed by atoms with Gasteiger partial charge in [0.1, 0.15) is 11.6 Å². The Morgan fingerprint density at radius 2 is 2.07 bits per heavy atom. The van der Waals surface area contributed by atoms with E-state index in [9.17, 15) is 19.3 Å². The van der Waals surface area contributed by atoms with Crippen molar-refractivity contribution in [2.75, 3.05) is 11.9 Å². The summed E-state index contributed by atoms with van der Waals surface area (Å²) in [7, 11) is 0. The quantitative estimate of drug-likeness (QED) is 0.380. The molecule has 2 rings (SSSR count). The molecule has 2 aromatic rings. The Labute approximate surface area is 168 Å². The van der Waals surface area contributed by atoms with Gasteiger partial charge >= 0.3 is 0 Å². The largest absolute Gasteiger partial charge is 0.492 e. The van der Waals surface area contributed by atoms with Crippen LogP contribution in [0.5, 0.6) is 5.75 Å². The number of halogens is 2. The van der Waals surface area contributed by atoms with Crippen LogP contribution < -0.4 is 15.4 Å². The van der Waals surface area contributed by atoms with Crippen LogP contribution in [0.15, 0.2) is 40.9 Å². The van der Waals surface area contributed by atoms with Crippen LogP contribution in [0, 0.1) is 15.9 Å². The molecule has 1 amide bonds. The number of nitrogens with one attached hydrogen (secondary N) is 2. The molecule has 0 unspecified atom stereocenters. The fourth-order valence-electron chi connectivity index (χ4n) is 2.02. The second-order valence-electron chi connectivity index (χ2n) is 5.32. The van der Waals surface area contributed by atoms with E-state index in [1.54, 1.807) is 18.2 Å². The number of hydrogen-bond acceptors (Lipinski definition) is 5. The Morgan fingerprint density at radius 3 is 2.70 bits per heavy atom. The summed E-state index contributed by atoms with van der Waals surface area (Å²) in [5.74, 6) is -0.661. The third kappa shape index (κ3) is 5.69. The second-order valence-corrected chi connectivity index (χ2v) is 6.59. The third-order valence-corrected chi connectivity index (χ3v) is 4.12. The van der Waals surface area contributed by atoms with E-state index < -0.39 is 16.6 Å². The summed E-state index contributed by atoms with van der Waals surface area (Å²) in [6.45, 7) is 2.53. The van der Waals surface area contributed by atoms with Crippen LogP contribution in [-0.4, -0.2) is 22.5 Å². The highest BCUT2D eigenvalue weighted by Gasteiger charge is 2.14. The van der Waals surface area contributed by atoms with Gasteiger partial charge in [0.2, 0.25) is 0 Å². The van der Waals surface area contributed by atoms with Crippen molar-refractivity contribution in [1.82, 2.24) is 5.32 Å². The first-order chi connectivity index (χ1) is 12.8. The Bertz CT molecular complexity index is 894. The van der Waals surface area contributed by atoms with Crippen LogP contribution in [0.25, 0.3) is 0 Å². The van der Waals surface area contributed by atoms with Gasteiger partial charge in [-0.15, -0.1) is 0 Å². The first-order valence-electron chi connectivity index (χ1n) is 7.80. The van der Waals surface area contributed by atoms with Crippen LogP contribution in [0.4, 0.5) is 15.8 Å². The molecule has 0 aromatic heterocycles. The average Bonchev–Trinajstić information content (AvgIpc) is 2.62. The molecule has 0 bridgehead atoms. The van der Waals surface area contributed by atoms with Gasteiger partial charge in [-0.2, -0.15) is 0 Å². The van der Waals surface area contributed by atoms with Gasteiger partial charge in [-0.3, -0.25) is 20.2 Å². The summed E-state index contributed by atoms with van der Waals surface area (Å²) < 4.78 is 19.9. The molecular formula is C17H15BrFN3O4S. The summed E-state index contributed by atoms with van der Waals surface area (Å²) in [6.07, 6.45) is 0.850. The summed E-state index contributed by atoms with van der Waals surface area (Å²) in [5.41, 5.74) is -0.215. The highest BCUT2D eigenvalue weighted by atomic mass is 79.9. The van der Waals surface area contributed by atoms with Gasteiger partial charge in [-0.25, -0.2) is 4.39 Å². The first-order valence-corrected chi connectivity index (χ1v) is 9.00. The summed E-state index contributed by atoms with van der Waals surface area (Å²) in [5, 5.41) is 15.4. The first kappa shape index (κ1) is 20.7. The van der Waals surface area contributed by atoms with Crippen molar-refractivity contribution in [2.45, 2.75) is 13.3 Å². The van der Waals surface area contributed by atoms with E-state index in [0.29, 0.717) is 22.4 Å². The number of nitrogens with zero attached hydrogens (tertiary/aromatic N) is 1. The van der Waals surface area contributed by atoms with Gasteiger partial charge in [0.25, 0.3) is 11.6 Å². The van der Waals surface area contributed by atoms with Gasteiger partial charge in [0.05, 0.1) is 21.7 Å². The molecule has 0 radical (unpaired) electrons. The Balaban J connectivity index is 2.06. The number of thiocarbonyl (C=S) groups is 1. The van der Waals surface area contributed by atoms with Crippen molar-refractivity contribution < 1.29 is 18.8 Å². The van der Waals surface area contributed by atoms with Crippen molar-refractivity contribution in [3.05, 3.63) is 62.4 Å². The van der Waals surface area contributed by atoms with Crippen LogP contribution in [0.1, 0.15) is 23.7 Å². The molecule has 142 valence electrons. The van der Waals surface area contributed by atoms with E-state index >= 15 is 0 Å². The maximum Gasteiger partial charge on any atom is 0.271 e. The predicted octanol–water partition coefficient (Wildman–Crippen LogP) is 4.41. The van der Waals surface area contributed by atoms with Gasteiger partial charge in [0.15, 0.2) is 5.11 Å². The lowest BCUT2D eigenvalue weighted by Gasteiger charge is -2.11. The van der Waals surface area contributed by atoms with Crippen molar-refractivity contribution in [1.29, 1.82) is 0 Å². The third-order valence-electron chi connectivity index (χ3n) is 3.29. The number of carbonyl (C=O) groups excluding carboxylic acids is 1. The van der Waals surface area contributed by atoms with E-state index in [4.69, 9.17) is 17.0 Å². The molecule has 0 fully saturated rings. The van der Waals surface area contributed by atoms with Gasteiger partial charge in [-0.05, 0) is 58.8 Å². The number of nitro groups is 1. The zero-order valence-corrected chi connectivity index (χ0v) is 16.5. The smallest absolute Gasteiger partial charge is 0.271 e. The number of nitro benzene ring substituents is 1. The standard InChI is InChI=1S/C17H15BrFN3O4S/c1-2-7-26-15-6-3-10(8-12(15)18)16(23)21-17(27)20-14-9-11(22(24)25)4-5-13(14)19/h3-6,8-9H,2,7H2,1H3,(H2,20,21,23,27). The molecule has 0 saturated heterocycles. The number of carbonyl (C=O) groups is 1. The molecule has 0 heterocycles. The van der Waals surface area contributed by atoms with Crippen LogP contribution in [-0.2, 0) is 0 Å². The molecule has 27 heavy (non-hydrogen) atoms. The summed E-state index contributed by atoms with van der Waals surface area (Å²) >= 11 is 8.31. The predicted molar refractivity (Wildman–Crippen MR) is 107 cm³/mol. The molecule has 0 atom stereocenters. The normalized spacial score (nSPS) is 10.2. The van der Waals surface area contributed by atoms with Gasteiger partial charge in [0, 0.05) is 17.7 Å². The number of hydrogen-bond donors (Lipinski definition) is 2. The van der Waals surface area contributed by atoms with Gasteiger partial charge < -0.3 is 10.1 Å². The highest BCUT2D eigenvalue weighted by molar-refractivity contribution is 9.10. The van der Waals surface area contributed by atoms with E-state index in [1.807, 2.05) is 6.92 Å². The number of ether oxygens (including phenoxy) is 1. The minimum atomic E-state index is -0.739. The molecule has 2 aromatic carbocycles. The van der Waals surface area contributed by atoms with Crippen molar-refractivity contribution >= 4 is 50.5 Å². The lowest BCUT2D eigenvalue weighted by atomic mass is 10.2. The monoisotopic (exact) mass is 455 g/mol. The van der Waals surface area contributed by atoms with E-state index in [-0.39, 0.29) is 16.5 Å². The molecule has 0 spiro atoms. The number of rotatable bonds is 6. The maximum absolute atomic E-state index is 13.8. The van der Waals surface area contributed by atoms with Crippen molar-refractivity contribution in [2.24, 2.45) is 0 Å². The van der Waals surface area contributed by atoms with Gasteiger partial charge in [-0.1, -0.05) is 6.92 Å². The highest BCUT2D eigenvalue weighted by Crippen LogP contribution is 2.26. The van der Waals surface area contributed by atoms with Crippen LogP contribution >= 0.6 is 28.1 Å². The fraction of sp³-hybridized carbons (Fsp3) is 0.176. The minimum Gasteiger partial charge on any atom is -0.492 e. The van der Waals surface area contributed by atoms with E-state index in [1.165, 1.54) is 0 Å². The SMILES string of the molecule is CCCOc1ccc(C(=O)NC(=S)Nc2cc([N+](=O)[O-])ccc2F)cc1Br. The Hall–Kier alpha value is -2.59.